The molecule has 0 saturated heterocycles. The van der Waals surface area contributed by atoms with Gasteiger partial charge in [0.05, 0.1) is 7.11 Å². The molecule has 0 unspecified atom stereocenters. The molecule has 0 aliphatic rings. The molecular formula is C16H15N3O3. The highest BCUT2D eigenvalue weighted by atomic mass is 16.5. The summed E-state index contributed by atoms with van der Waals surface area (Å²) in [6.07, 6.45) is 0. The van der Waals surface area contributed by atoms with E-state index in [1.807, 2.05) is 48.5 Å². The van der Waals surface area contributed by atoms with Gasteiger partial charge in [-0.25, -0.2) is 0 Å². The summed E-state index contributed by atoms with van der Waals surface area (Å²) in [5.41, 5.74) is 7.29. The highest BCUT2D eigenvalue weighted by molar-refractivity contribution is 5.55. The van der Waals surface area contributed by atoms with Gasteiger partial charge in [-0.1, -0.05) is 12.1 Å². The van der Waals surface area contributed by atoms with E-state index in [0.717, 1.165) is 22.6 Å². The lowest BCUT2D eigenvalue weighted by atomic mass is 10.2. The molecule has 112 valence electrons. The summed E-state index contributed by atoms with van der Waals surface area (Å²) in [5.74, 6) is 2.09. The molecule has 6 heteroatoms. The molecule has 0 spiro atoms. The van der Waals surface area contributed by atoms with Crippen LogP contribution in [-0.2, 0) is 6.61 Å². The van der Waals surface area contributed by atoms with Crippen molar-refractivity contribution in [1.29, 1.82) is 0 Å². The summed E-state index contributed by atoms with van der Waals surface area (Å²) in [7, 11) is 1.64. The number of anilines is 1. The largest absolute Gasteiger partial charge is 0.497 e. The van der Waals surface area contributed by atoms with Crippen LogP contribution in [0.3, 0.4) is 0 Å². The van der Waals surface area contributed by atoms with Gasteiger partial charge in [-0.2, -0.15) is 4.98 Å². The van der Waals surface area contributed by atoms with Crippen LogP contribution >= 0.6 is 0 Å². The number of hydrogen-bond donors (Lipinski definition) is 1. The number of aromatic nitrogens is 2. The second-order valence-electron chi connectivity index (χ2n) is 4.62. The summed E-state index contributed by atoms with van der Waals surface area (Å²) in [6.45, 7) is 0.483. The number of rotatable bonds is 5. The quantitative estimate of drug-likeness (QED) is 0.779. The van der Waals surface area contributed by atoms with E-state index in [4.69, 9.17) is 19.7 Å². The molecule has 6 nitrogen and oxygen atoms in total. The normalized spacial score (nSPS) is 10.4. The van der Waals surface area contributed by atoms with Gasteiger partial charge in [0.15, 0.2) is 0 Å². The average molecular weight is 297 g/mol. The Hall–Kier alpha value is -3.02. The number of nitrogens with two attached hydrogens (primary N) is 1. The fraction of sp³-hybridized carbons (Fsp3) is 0.125. The summed E-state index contributed by atoms with van der Waals surface area (Å²) >= 11 is 0. The number of benzene rings is 2. The Kier molecular flexibility index (Phi) is 3.91. The van der Waals surface area contributed by atoms with E-state index < -0.39 is 0 Å². The molecule has 0 saturated carbocycles. The molecule has 0 amide bonds. The lowest BCUT2D eigenvalue weighted by Crippen LogP contribution is -1.95. The van der Waals surface area contributed by atoms with Crippen molar-refractivity contribution in [1.82, 2.24) is 10.1 Å². The first kappa shape index (κ1) is 13.9. The third-order valence-corrected chi connectivity index (χ3v) is 3.11. The average Bonchev–Trinajstić information content (AvgIpc) is 3.00. The SMILES string of the molecule is COc1ccc(COc2ccc(-c3nc(N)no3)cc2)cc1. The summed E-state index contributed by atoms with van der Waals surface area (Å²) in [4.78, 5) is 3.97. The first-order valence-corrected chi connectivity index (χ1v) is 6.70. The van der Waals surface area contributed by atoms with Gasteiger partial charge in [0.2, 0.25) is 0 Å². The minimum atomic E-state index is 0.120. The number of nitrogens with zero attached hydrogens (tertiary/aromatic N) is 2. The van der Waals surface area contributed by atoms with E-state index in [-0.39, 0.29) is 5.95 Å². The van der Waals surface area contributed by atoms with Gasteiger partial charge in [-0.15, -0.1) is 0 Å². The van der Waals surface area contributed by atoms with Crippen molar-refractivity contribution in [3.05, 3.63) is 54.1 Å². The van der Waals surface area contributed by atoms with Crippen molar-refractivity contribution in [2.45, 2.75) is 6.61 Å². The number of methoxy groups -OCH3 is 1. The second-order valence-corrected chi connectivity index (χ2v) is 4.62. The topological polar surface area (TPSA) is 83.4 Å². The zero-order valence-corrected chi connectivity index (χ0v) is 12.0. The molecule has 2 N–H and O–H groups in total. The highest BCUT2D eigenvalue weighted by Crippen LogP contribution is 2.22. The zero-order chi connectivity index (χ0) is 15.4. The Labute approximate surface area is 127 Å². The molecule has 0 atom stereocenters. The molecule has 2 aromatic carbocycles. The number of hydrogen-bond acceptors (Lipinski definition) is 6. The van der Waals surface area contributed by atoms with Crippen molar-refractivity contribution in [2.75, 3.05) is 12.8 Å². The molecular weight excluding hydrogens is 282 g/mol. The Morgan fingerprint density at radius 3 is 2.27 bits per heavy atom. The second kappa shape index (κ2) is 6.17. The maximum absolute atomic E-state index is 5.73. The minimum Gasteiger partial charge on any atom is -0.497 e. The summed E-state index contributed by atoms with van der Waals surface area (Å²) in [5, 5.41) is 3.56. The van der Waals surface area contributed by atoms with Crippen molar-refractivity contribution in [3.63, 3.8) is 0 Å². The summed E-state index contributed by atoms with van der Waals surface area (Å²) < 4.78 is 15.9. The number of ether oxygens (including phenoxy) is 2. The molecule has 1 aromatic heterocycles. The maximum atomic E-state index is 5.73. The predicted molar refractivity (Wildman–Crippen MR) is 81.5 cm³/mol. The Balaban J connectivity index is 1.63. The predicted octanol–water partition coefficient (Wildman–Crippen LogP) is 2.91. The van der Waals surface area contributed by atoms with Crippen molar-refractivity contribution >= 4 is 5.95 Å². The third-order valence-electron chi connectivity index (χ3n) is 3.11. The van der Waals surface area contributed by atoms with Crippen LogP contribution in [0.15, 0.2) is 53.1 Å². The molecule has 3 aromatic rings. The van der Waals surface area contributed by atoms with E-state index in [9.17, 15) is 0 Å². The van der Waals surface area contributed by atoms with Crippen LogP contribution < -0.4 is 15.2 Å². The van der Waals surface area contributed by atoms with Crippen LogP contribution in [0, 0.1) is 0 Å². The maximum Gasteiger partial charge on any atom is 0.261 e. The van der Waals surface area contributed by atoms with Gasteiger partial charge >= 0.3 is 0 Å². The molecule has 0 radical (unpaired) electrons. The van der Waals surface area contributed by atoms with Crippen LogP contribution in [0.25, 0.3) is 11.5 Å². The van der Waals surface area contributed by atoms with Crippen LogP contribution in [-0.4, -0.2) is 17.3 Å². The molecule has 0 aliphatic carbocycles. The van der Waals surface area contributed by atoms with Crippen LogP contribution in [0.5, 0.6) is 11.5 Å². The van der Waals surface area contributed by atoms with E-state index in [1.54, 1.807) is 7.11 Å². The van der Waals surface area contributed by atoms with Crippen LogP contribution in [0.4, 0.5) is 5.95 Å². The molecule has 3 rings (SSSR count). The van der Waals surface area contributed by atoms with E-state index in [1.165, 1.54) is 0 Å². The zero-order valence-electron chi connectivity index (χ0n) is 12.0. The van der Waals surface area contributed by atoms with Gasteiger partial charge in [-0.05, 0) is 47.1 Å². The van der Waals surface area contributed by atoms with E-state index in [0.29, 0.717) is 12.5 Å². The van der Waals surface area contributed by atoms with Crippen LogP contribution in [0.1, 0.15) is 5.56 Å². The molecule has 1 heterocycles. The van der Waals surface area contributed by atoms with E-state index >= 15 is 0 Å². The Bertz CT molecular complexity index is 736. The van der Waals surface area contributed by atoms with Crippen molar-refractivity contribution < 1.29 is 14.0 Å². The van der Waals surface area contributed by atoms with E-state index in [2.05, 4.69) is 10.1 Å². The third kappa shape index (κ3) is 3.17. The first-order valence-electron chi connectivity index (χ1n) is 6.70. The van der Waals surface area contributed by atoms with Gasteiger partial charge in [0.1, 0.15) is 18.1 Å². The monoisotopic (exact) mass is 297 g/mol. The smallest absolute Gasteiger partial charge is 0.261 e. The van der Waals surface area contributed by atoms with Gasteiger partial charge < -0.3 is 19.7 Å². The van der Waals surface area contributed by atoms with Gasteiger partial charge in [0, 0.05) is 5.56 Å². The van der Waals surface area contributed by atoms with Crippen molar-refractivity contribution in [3.8, 4) is 23.0 Å². The lowest BCUT2D eigenvalue weighted by Gasteiger charge is -2.07. The molecule has 22 heavy (non-hydrogen) atoms. The van der Waals surface area contributed by atoms with Crippen LogP contribution in [0.2, 0.25) is 0 Å². The van der Waals surface area contributed by atoms with Crippen molar-refractivity contribution in [2.24, 2.45) is 0 Å². The minimum absolute atomic E-state index is 0.120. The van der Waals surface area contributed by atoms with Gasteiger partial charge in [0.25, 0.3) is 11.8 Å². The fourth-order valence-corrected chi connectivity index (χ4v) is 1.93. The fourth-order valence-electron chi connectivity index (χ4n) is 1.93. The van der Waals surface area contributed by atoms with Gasteiger partial charge in [-0.3, -0.25) is 0 Å². The summed E-state index contributed by atoms with van der Waals surface area (Å²) in [6, 6.07) is 15.1. The Morgan fingerprint density at radius 1 is 1.00 bits per heavy atom. The Morgan fingerprint density at radius 2 is 1.68 bits per heavy atom. The first-order chi connectivity index (χ1) is 10.7. The number of nitrogen functional groups attached to an aromatic ring is 1. The standard InChI is InChI=1S/C16H15N3O3/c1-20-13-6-2-11(3-7-13)10-21-14-8-4-12(5-9-14)15-18-16(17)19-22-15/h2-9H,10H2,1H3,(H2,17,19). The molecule has 0 fully saturated rings. The molecule has 0 aliphatic heterocycles. The lowest BCUT2D eigenvalue weighted by molar-refractivity contribution is 0.306. The molecule has 0 bridgehead atoms. The highest BCUT2D eigenvalue weighted by Gasteiger charge is 2.06.